The quantitative estimate of drug-likeness (QED) is 0.819. The lowest BCUT2D eigenvalue weighted by atomic mass is 10.1. The Balaban J connectivity index is 1.98. The zero-order valence-electron chi connectivity index (χ0n) is 14.2. The van der Waals surface area contributed by atoms with E-state index >= 15 is 0 Å². The molecular weight excluding hydrogens is 272 g/mol. The topological polar surface area (TPSA) is 34.0 Å². The first-order valence-electron chi connectivity index (χ1n) is 7.88. The minimum atomic E-state index is 0.159. The van der Waals surface area contributed by atoms with Gasteiger partial charge in [0.05, 0.1) is 6.54 Å². The Morgan fingerprint density at radius 1 is 1.14 bits per heavy atom. The summed E-state index contributed by atoms with van der Waals surface area (Å²) in [6.45, 7) is 11.5. The highest BCUT2D eigenvalue weighted by Gasteiger charge is 2.16. The molecule has 0 fully saturated rings. The summed E-state index contributed by atoms with van der Waals surface area (Å²) in [5, 5.41) is 3.25. The Hall–Kier alpha value is -1.87. The van der Waals surface area contributed by atoms with Crippen LogP contribution in [0.4, 0.5) is 0 Å². The third kappa shape index (κ3) is 3.66. The number of hydrogen-bond acceptors (Lipinski definition) is 2. The van der Waals surface area contributed by atoms with E-state index in [0.29, 0.717) is 12.6 Å². The lowest BCUT2D eigenvalue weighted by Crippen LogP contribution is -2.23. The summed E-state index contributed by atoms with van der Waals surface area (Å²) in [5.74, 6) is 0.159. The highest BCUT2D eigenvalue weighted by molar-refractivity contribution is 5.99. The van der Waals surface area contributed by atoms with Crippen LogP contribution < -0.4 is 5.32 Å². The number of nitrogens with zero attached hydrogens (tertiary/aromatic N) is 1. The van der Waals surface area contributed by atoms with Crippen molar-refractivity contribution in [2.24, 2.45) is 0 Å². The van der Waals surface area contributed by atoms with Crippen molar-refractivity contribution in [1.82, 2.24) is 9.88 Å². The molecule has 1 N–H and O–H groups in total. The third-order valence-electron chi connectivity index (χ3n) is 4.04. The fourth-order valence-electron chi connectivity index (χ4n) is 2.98. The molecule has 22 heavy (non-hydrogen) atoms. The molecule has 0 aliphatic carbocycles. The number of carbonyl (C=O) groups is 1. The molecule has 0 atom stereocenters. The van der Waals surface area contributed by atoms with Gasteiger partial charge in [0.2, 0.25) is 0 Å². The predicted molar refractivity (Wildman–Crippen MR) is 91.5 cm³/mol. The molecule has 0 bridgehead atoms. The summed E-state index contributed by atoms with van der Waals surface area (Å²) < 4.78 is 2.22. The summed E-state index contributed by atoms with van der Waals surface area (Å²) in [6, 6.07) is 10.8. The van der Waals surface area contributed by atoms with E-state index in [2.05, 4.69) is 61.8 Å². The van der Waals surface area contributed by atoms with E-state index in [1.54, 1.807) is 0 Å². The van der Waals surface area contributed by atoms with Gasteiger partial charge in [-0.05, 0) is 46.2 Å². The van der Waals surface area contributed by atoms with Crippen molar-refractivity contribution in [2.75, 3.05) is 6.54 Å². The van der Waals surface area contributed by atoms with Crippen LogP contribution in [-0.4, -0.2) is 16.9 Å². The maximum atomic E-state index is 12.4. The van der Waals surface area contributed by atoms with Crippen molar-refractivity contribution in [3.63, 3.8) is 0 Å². The molecule has 0 aliphatic rings. The first kappa shape index (κ1) is 16.5. The molecule has 3 nitrogen and oxygen atoms in total. The van der Waals surface area contributed by atoms with E-state index in [0.717, 1.165) is 23.5 Å². The number of nitrogens with one attached hydrogen (secondary N) is 1. The maximum Gasteiger partial charge on any atom is 0.178 e. The molecule has 2 aromatic rings. The average Bonchev–Trinajstić information content (AvgIpc) is 2.76. The summed E-state index contributed by atoms with van der Waals surface area (Å²) in [7, 11) is 0. The van der Waals surface area contributed by atoms with Gasteiger partial charge in [-0.2, -0.15) is 0 Å². The van der Waals surface area contributed by atoms with Crippen LogP contribution in [0.1, 0.15) is 52.8 Å². The second kappa shape index (κ2) is 6.93. The molecule has 1 aromatic heterocycles. The van der Waals surface area contributed by atoms with Gasteiger partial charge in [0.15, 0.2) is 5.78 Å². The molecular formula is C19H26N2O. The number of benzene rings is 1. The molecule has 1 heterocycles. The molecule has 0 aliphatic heterocycles. The van der Waals surface area contributed by atoms with Crippen LogP contribution >= 0.6 is 0 Å². The normalized spacial score (nSPS) is 11.2. The largest absolute Gasteiger partial charge is 0.346 e. The molecule has 0 radical (unpaired) electrons. The van der Waals surface area contributed by atoms with E-state index in [-0.39, 0.29) is 5.78 Å². The predicted octanol–water partition coefficient (Wildman–Crippen LogP) is 3.97. The maximum absolute atomic E-state index is 12.4. The summed E-state index contributed by atoms with van der Waals surface area (Å²) in [5.41, 5.74) is 5.50. The van der Waals surface area contributed by atoms with Gasteiger partial charge in [0.1, 0.15) is 0 Å². The fourth-order valence-corrected chi connectivity index (χ4v) is 2.98. The average molecular weight is 298 g/mol. The Morgan fingerprint density at radius 3 is 2.32 bits per heavy atom. The molecule has 1 aromatic carbocycles. The SMILES string of the molecule is Cc1ccc(CNCC(=O)c2cc(C)n(C(C)C)c2C)cc1. The van der Waals surface area contributed by atoms with E-state index in [1.807, 2.05) is 13.0 Å². The Kier molecular flexibility index (Phi) is 5.19. The minimum Gasteiger partial charge on any atom is -0.346 e. The monoisotopic (exact) mass is 298 g/mol. The van der Waals surface area contributed by atoms with Crippen molar-refractivity contribution in [1.29, 1.82) is 0 Å². The van der Waals surface area contributed by atoms with E-state index in [4.69, 9.17) is 0 Å². The molecule has 0 saturated heterocycles. The van der Waals surface area contributed by atoms with Crippen molar-refractivity contribution in [2.45, 2.75) is 47.2 Å². The fraction of sp³-hybridized carbons (Fsp3) is 0.421. The number of aryl methyl sites for hydroxylation is 2. The summed E-state index contributed by atoms with van der Waals surface area (Å²) in [6.07, 6.45) is 0. The number of Topliss-reactive ketones (excluding diaryl/α,β-unsaturated/α-hetero) is 1. The first-order chi connectivity index (χ1) is 10.4. The third-order valence-corrected chi connectivity index (χ3v) is 4.04. The number of hydrogen-bond donors (Lipinski definition) is 1. The van der Waals surface area contributed by atoms with Crippen molar-refractivity contribution >= 4 is 5.78 Å². The molecule has 0 amide bonds. The Morgan fingerprint density at radius 2 is 1.77 bits per heavy atom. The lowest BCUT2D eigenvalue weighted by Gasteiger charge is -2.13. The Labute approximate surface area is 133 Å². The first-order valence-corrected chi connectivity index (χ1v) is 7.88. The Bertz CT molecular complexity index is 651. The zero-order chi connectivity index (χ0) is 16.3. The standard InChI is InChI=1S/C19H26N2O/c1-13(2)21-15(4)10-18(16(21)5)19(22)12-20-11-17-8-6-14(3)7-9-17/h6-10,13,20H,11-12H2,1-5H3. The van der Waals surface area contributed by atoms with Gasteiger partial charge in [-0.15, -0.1) is 0 Å². The highest BCUT2D eigenvalue weighted by atomic mass is 16.1. The van der Waals surface area contributed by atoms with Crippen LogP contribution in [0.3, 0.4) is 0 Å². The smallest absolute Gasteiger partial charge is 0.178 e. The van der Waals surface area contributed by atoms with Gasteiger partial charge < -0.3 is 9.88 Å². The van der Waals surface area contributed by atoms with Crippen LogP contribution in [0.5, 0.6) is 0 Å². The number of aromatic nitrogens is 1. The van der Waals surface area contributed by atoms with Gasteiger partial charge in [-0.25, -0.2) is 0 Å². The van der Waals surface area contributed by atoms with Crippen molar-refractivity contribution in [3.05, 3.63) is 58.4 Å². The molecule has 0 saturated carbocycles. The van der Waals surface area contributed by atoms with Crippen LogP contribution in [0.15, 0.2) is 30.3 Å². The number of carbonyl (C=O) groups excluding carboxylic acids is 1. The van der Waals surface area contributed by atoms with Crippen LogP contribution in [0.2, 0.25) is 0 Å². The second-order valence-corrected chi connectivity index (χ2v) is 6.26. The molecule has 3 heteroatoms. The summed E-state index contributed by atoms with van der Waals surface area (Å²) in [4.78, 5) is 12.4. The number of ketones is 1. The van der Waals surface area contributed by atoms with Crippen LogP contribution in [0, 0.1) is 20.8 Å². The minimum absolute atomic E-state index is 0.159. The highest BCUT2D eigenvalue weighted by Crippen LogP contribution is 2.20. The van der Waals surface area contributed by atoms with E-state index in [9.17, 15) is 4.79 Å². The lowest BCUT2D eigenvalue weighted by molar-refractivity contribution is 0.0990. The molecule has 2 rings (SSSR count). The van der Waals surface area contributed by atoms with Crippen molar-refractivity contribution < 1.29 is 4.79 Å². The second-order valence-electron chi connectivity index (χ2n) is 6.26. The van der Waals surface area contributed by atoms with Gasteiger partial charge in [-0.3, -0.25) is 4.79 Å². The van der Waals surface area contributed by atoms with Crippen LogP contribution in [-0.2, 0) is 6.54 Å². The van der Waals surface area contributed by atoms with Gasteiger partial charge in [0.25, 0.3) is 0 Å². The van der Waals surface area contributed by atoms with Gasteiger partial charge >= 0.3 is 0 Å². The molecule has 0 spiro atoms. The molecule has 0 unspecified atom stereocenters. The van der Waals surface area contributed by atoms with Crippen LogP contribution in [0.25, 0.3) is 0 Å². The van der Waals surface area contributed by atoms with Gasteiger partial charge in [-0.1, -0.05) is 29.8 Å². The van der Waals surface area contributed by atoms with E-state index in [1.165, 1.54) is 11.1 Å². The van der Waals surface area contributed by atoms with E-state index < -0.39 is 0 Å². The zero-order valence-corrected chi connectivity index (χ0v) is 14.2. The summed E-state index contributed by atoms with van der Waals surface area (Å²) >= 11 is 0. The number of rotatable bonds is 6. The molecule has 118 valence electrons. The van der Waals surface area contributed by atoms with Gasteiger partial charge in [0, 0.05) is 29.5 Å². The van der Waals surface area contributed by atoms with Crippen molar-refractivity contribution in [3.8, 4) is 0 Å².